The van der Waals surface area contributed by atoms with Gasteiger partial charge in [0.15, 0.2) is 0 Å². The van der Waals surface area contributed by atoms with E-state index in [-0.39, 0.29) is 10.8 Å². The van der Waals surface area contributed by atoms with Crippen molar-refractivity contribution in [2.45, 2.75) is 65.2 Å². The number of rotatable bonds is 6. The van der Waals surface area contributed by atoms with Crippen molar-refractivity contribution in [3.05, 3.63) is 66.2 Å². The van der Waals surface area contributed by atoms with Crippen molar-refractivity contribution in [1.82, 2.24) is 24.9 Å². The zero-order valence-electron chi connectivity index (χ0n) is 21.0. The van der Waals surface area contributed by atoms with Gasteiger partial charge >= 0.3 is 0 Å². The summed E-state index contributed by atoms with van der Waals surface area (Å²) >= 11 is 0. The van der Waals surface area contributed by atoms with Crippen molar-refractivity contribution >= 4 is 22.1 Å². The van der Waals surface area contributed by atoms with E-state index in [0.717, 1.165) is 68.9 Å². The van der Waals surface area contributed by atoms with Gasteiger partial charge in [-0.15, -0.1) is 0 Å². The Kier molecular flexibility index (Phi) is 5.31. The fraction of sp³-hybridized carbons (Fsp3) is 0.345. The topological polar surface area (TPSA) is 70.2 Å². The fourth-order valence-corrected chi connectivity index (χ4v) is 4.12. The molecule has 2 N–H and O–H groups in total. The monoisotopic (exact) mass is 451 g/mol. The molecule has 174 valence electrons. The molecule has 5 rings (SSSR count). The van der Waals surface area contributed by atoms with Gasteiger partial charge in [-0.3, -0.25) is 4.98 Å². The van der Waals surface area contributed by atoms with Crippen molar-refractivity contribution in [3.8, 4) is 22.5 Å². The molecule has 34 heavy (non-hydrogen) atoms. The minimum absolute atomic E-state index is 0.0315. The molecule has 0 bridgehead atoms. The van der Waals surface area contributed by atoms with Gasteiger partial charge in [0.05, 0.1) is 22.1 Å². The Labute approximate surface area is 201 Å². The molecule has 2 aromatic carbocycles. The number of benzene rings is 2. The molecule has 5 nitrogen and oxygen atoms in total. The Hall–Kier alpha value is -3.47. The van der Waals surface area contributed by atoms with Crippen LogP contribution in [0.5, 0.6) is 0 Å². The molecule has 3 heterocycles. The molecule has 5 aromatic rings. The normalized spacial score (nSPS) is 12.6. The minimum atomic E-state index is 0.0315. The van der Waals surface area contributed by atoms with Crippen molar-refractivity contribution in [2.75, 3.05) is 0 Å². The number of pyridine rings is 1. The Morgan fingerprint density at radius 3 is 1.85 bits per heavy atom. The lowest BCUT2D eigenvalue weighted by molar-refractivity contribution is 0.479. The van der Waals surface area contributed by atoms with Crippen molar-refractivity contribution in [1.29, 1.82) is 0 Å². The maximum atomic E-state index is 4.83. The van der Waals surface area contributed by atoms with E-state index in [1.165, 1.54) is 0 Å². The number of aromatic nitrogens is 5. The summed E-state index contributed by atoms with van der Waals surface area (Å²) < 4.78 is 0. The predicted molar refractivity (Wildman–Crippen MR) is 141 cm³/mol. The van der Waals surface area contributed by atoms with Crippen LogP contribution < -0.4 is 0 Å². The highest BCUT2D eigenvalue weighted by atomic mass is 14.9. The highest BCUT2D eigenvalue weighted by Crippen LogP contribution is 2.31. The smallest absolute Gasteiger partial charge is 0.140 e. The lowest BCUT2D eigenvalue weighted by Crippen LogP contribution is -2.17. The molecule has 0 unspecified atom stereocenters. The first-order valence-corrected chi connectivity index (χ1v) is 12.2. The second-order valence-corrected chi connectivity index (χ2v) is 10.5. The van der Waals surface area contributed by atoms with Crippen molar-refractivity contribution in [2.24, 2.45) is 0 Å². The SMILES string of the molecule is CCC(C)(C)c1ccc(-c2nc3ccc(-c4ccc5nc(C(C)(C)CC)[nH]c5c4)cc3[nH]2)cn1. The minimum Gasteiger partial charge on any atom is -0.342 e. The van der Waals surface area contributed by atoms with Crippen molar-refractivity contribution in [3.63, 3.8) is 0 Å². The summed E-state index contributed by atoms with van der Waals surface area (Å²) in [4.78, 5) is 21.4. The van der Waals surface area contributed by atoms with E-state index >= 15 is 0 Å². The van der Waals surface area contributed by atoms with Crippen LogP contribution in [-0.2, 0) is 10.8 Å². The molecule has 5 heteroatoms. The van der Waals surface area contributed by atoms with Gasteiger partial charge in [0.1, 0.15) is 11.6 Å². The second kappa shape index (κ2) is 8.08. The third-order valence-corrected chi connectivity index (χ3v) is 7.44. The Morgan fingerprint density at radius 1 is 0.676 bits per heavy atom. The fourth-order valence-electron chi connectivity index (χ4n) is 4.12. The molecule has 3 aromatic heterocycles. The van der Waals surface area contributed by atoms with E-state index < -0.39 is 0 Å². The molecule has 0 aliphatic heterocycles. The summed E-state index contributed by atoms with van der Waals surface area (Å²) in [5.41, 5.74) is 8.56. The maximum absolute atomic E-state index is 4.83. The number of aromatic amines is 2. The Bertz CT molecular complexity index is 1470. The Balaban J connectivity index is 1.47. The number of hydrogen-bond acceptors (Lipinski definition) is 3. The molecule has 0 aliphatic rings. The summed E-state index contributed by atoms with van der Waals surface area (Å²) in [6.07, 6.45) is 4.01. The number of imidazole rings is 2. The second-order valence-electron chi connectivity index (χ2n) is 10.5. The molecule has 0 amide bonds. The number of nitrogens with zero attached hydrogens (tertiary/aromatic N) is 3. The molecule has 0 fully saturated rings. The first kappa shape index (κ1) is 22.3. The van der Waals surface area contributed by atoms with Crippen LogP contribution in [0.3, 0.4) is 0 Å². The summed E-state index contributed by atoms with van der Waals surface area (Å²) in [6, 6.07) is 17.0. The van der Waals surface area contributed by atoms with Crippen LogP contribution in [0.1, 0.15) is 65.9 Å². The highest BCUT2D eigenvalue weighted by Gasteiger charge is 2.22. The van der Waals surface area contributed by atoms with Gasteiger partial charge in [-0.05, 0) is 60.4 Å². The van der Waals surface area contributed by atoms with Gasteiger partial charge in [-0.1, -0.05) is 53.7 Å². The van der Waals surface area contributed by atoms with Crippen LogP contribution in [0.4, 0.5) is 0 Å². The number of fused-ring (bicyclic) bond motifs is 2. The van der Waals surface area contributed by atoms with Crippen LogP contribution in [0.2, 0.25) is 0 Å². The lowest BCUT2D eigenvalue weighted by atomic mass is 9.86. The zero-order valence-corrected chi connectivity index (χ0v) is 21.0. The summed E-state index contributed by atoms with van der Waals surface area (Å²) in [7, 11) is 0. The number of H-pyrrole nitrogens is 2. The Morgan fingerprint density at radius 2 is 1.26 bits per heavy atom. The lowest BCUT2D eigenvalue weighted by Gasteiger charge is -2.21. The average molecular weight is 452 g/mol. The van der Waals surface area contributed by atoms with Crippen LogP contribution in [-0.4, -0.2) is 24.9 Å². The summed E-state index contributed by atoms with van der Waals surface area (Å²) in [5, 5.41) is 0. The first-order valence-electron chi connectivity index (χ1n) is 12.2. The molecular formula is C29H33N5. The highest BCUT2D eigenvalue weighted by molar-refractivity contribution is 5.87. The van der Waals surface area contributed by atoms with Gasteiger partial charge in [0.25, 0.3) is 0 Å². The molecule has 0 radical (unpaired) electrons. The van der Waals surface area contributed by atoms with E-state index in [0.29, 0.717) is 0 Å². The first-order chi connectivity index (χ1) is 16.2. The zero-order chi connectivity index (χ0) is 24.1. The molecule has 0 aliphatic carbocycles. The van der Waals surface area contributed by atoms with Gasteiger partial charge in [0.2, 0.25) is 0 Å². The summed E-state index contributed by atoms with van der Waals surface area (Å²) in [5.74, 6) is 1.88. The quantitative estimate of drug-likeness (QED) is 0.280. The predicted octanol–water partition coefficient (Wildman–Crippen LogP) is 7.54. The van der Waals surface area contributed by atoms with Gasteiger partial charge in [-0.25, -0.2) is 9.97 Å². The molecule has 0 spiro atoms. The van der Waals surface area contributed by atoms with Gasteiger partial charge < -0.3 is 9.97 Å². The van der Waals surface area contributed by atoms with Crippen molar-refractivity contribution < 1.29 is 0 Å². The largest absolute Gasteiger partial charge is 0.342 e. The number of nitrogens with one attached hydrogen (secondary N) is 2. The van der Waals surface area contributed by atoms with Crippen LogP contribution in [0.15, 0.2) is 54.7 Å². The third-order valence-electron chi connectivity index (χ3n) is 7.44. The molecular weight excluding hydrogens is 418 g/mol. The van der Waals surface area contributed by atoms with Crippen LogP contribution >= 0.6 is 0 Å². The molecule has 0 saturated heterocycles. The number of hydrogen-bond donors (Lipinski definition) is 2. The van der Waals surface area contributed by atoms with E-state index in [1.807, 2.05) is 6.20 Å². The molecule has 0 saturated carbocycles. The summed E-state index contributed by atoms with van der Waals surface area (Å²) in [6.45, 7) is 13.3. The van der Waals surface area contributed by atoms with Gasteiger partial charge in [-0.2, -0.15) is 0 Å². The third kappa shape index (κ3) is 3.89. The van der Waals surface area contributed by atoms with E-state index in [2.05, 4.69) is 100 Å². The van der Waals surface area contributed by atoms with Gasteiger partial charge in [0, 0.05) is 28.3 Å². The maximum Gasteiger partial charge on any atom is 0.140 e. The van der Waals surface area contributed by atoms with Crippen LogP contribution in [0, 0.1) is 0 Å². The molecule has 0 atom stereocenters. The van der Waals surface area contributed by atoms with E-state index in [4.69, 9.17) is 15.0 Å². The van der Waals surface area contributed by atoms with E-state index in [9.17, 15) is 0 Å². The average Bonchev–Trinajstić information content (AvgIpc) is 3.48. The van der Waals surface area contributed by atoms with E-state index in [1.54, 1.807) is 0 Å². The standard InChI is InChI=1S/C29H33N5/c1-7-28(3,4)25-14-11-20(17-30-25)26-31-21-12-9-18(15-23(21)32-26)19-10-13-22-24(16-19)34-27(33-22)29(5,6)8-2/h9-17H,7-8H2,1-6H3,(H,31,32)(H,33,34). The van der Waals surface area contributed by atoms with Crippen LogP contribution in [0.25, 0.3) is 44.6 Å².